The minimum atomic E-state index is -0.529. The Morgan fingerprint density at radius 3 is 2.67 bits per heavy atom. The van der Waals surface area contributed by atoms with Crippen LogP contribution in [0.4, 0.5) is 0 Å². The maximum absolute atomic E-state index is 11.1. The van der Waals surface area contributed by atoms with Crippen LogP contribution < -0.4 is 5.32 Å². The molecule has 0 aromatic carbocycles. The number of amides is 3. The first kappa shape index (κ1) is 7.27. The van der Waals surface area contributed by atoms with Gasteiger partial charge in [-0.15, -0.1) is 0 Å². The van der Waals surface area contributed by atoms with Crippen molar-refractivity contribution >= 4 is 17.7 Å². The number of fused-ring (bicyclic) bond motifs is 1. The van der Waals surface area contributed by atoms with Crippen molar-refractivity contribution in [2.75, 3.05) is 6.54 Å². The number of imide groups is 1. The minimum Gasteiger partial charge on any atom is -0.345 e. The molecule has 5 nitrogen and oxygen atoms in total. The molecule has 2 aliphatic rings. The molecule has 2 heterocycles. The lowest BCUT2D eigenvalue weighted by molar-refractivity contribution is -0.151. The van der Waals surface area contributed by atoms with Crippen LogP contribution in [0.2, 0.25) is 0 Å². The van der Waals surface area contributed by atoms with Crippen molar-refractivity contribution < 1.29 is 14.4 Å². The summed E-state index contributed by atoms with van der Waals surface area (Å²) in [5, 5.41) is 2.44. The zero-order valence-electron chi connectivity index (χ0n) is 6.37. The second-order valence-corrected chi connectivity index (χ2v) is 2.93. The predicted molar refractivity (Wildman–Crippen MR) is 37.9 cm³/mol. The maximum Gasteiger partial charge on any atom is 0.249 e. The first-order valence-electron chi connectivity index (χ1n) is 3.83. The van der Waals surface area contributed by atoms with Crippen LogP contribution in [0, 0.1) is 0 Å². The third-order valence-electron chi connectivity index (χ3n) is 2.20. The van der Waals surface area contributed by atoms with E-state index >= 15 is 0 Å². The van der Waals surface area contributed by atoms with Gasteiger partial charge in [-0.05, 0) is 6.42 Å². The van der Waals surface area contributed by atoms with Gasteiger partial charge < -0.3 is 5.32 Å². The summed E-state index contributed by atoms with van der Waals surface area (Å²) in [5.74, 6) is -0.720. The van der Waals surface area contributed by atoms with Gasteiger partial charge in [0.05, 0.1) is 6.54 Å². The minimum absolute atomic E-state index is 0.0406. The summed E-state index contributed by atoms with van der Waals surface area (Å²) in [6.07, 6.45) is 0.778. The van der Waals surface area contributed by atoms with Crippen molar-refractivity contribution in [3.05, 3.63) is 0 Å². The van der Waals surface area contributed by atoms with Crippen molar-refractivity contribution in [3.63, 3.8) is 0 Å². The zero-order chi connectivity index (χ0) is 8.72. The summed E-state index contributed by atoms with van der Waals surface area (Å²) >= 11 is 0. The highest BCUT2D eigenvalue weighted by atomic mass is 16.2. The van der Waals surface area contributed by atoms with Crippen LogP contribution >= 0.6 is 0 Å². The molecular formula is C7H8N2O3. The van der Waals surface area contributed by atoms with E-state index in [0.717, 1.165) is 4.90 Å². The monoisotopic (exact) mass is 168 g/mol. The van der Waals surface area contributed by atoms with Crippen LogP contribution in [0.25, 0.3) is 0 Å². The largest absolute Gasteiger partial charge is 0.345 e. The standard InChI is InChI=1S/C7H8N2O3/c10-5-2-1-4-7(12)8-3-6(11)9(4)5/h4H,1-3H2,(H,8,12). The number of nitrogens with zero attached hydrogens (tertiary/aromatic N) is 1. The van der Waals surface area contributed by atoms with Gasteiger partial charge in [0.15, 0.2) is 0 Å². The molecule has 2 rings (SSSR count). The molecule has 0 bridgehead atoms. The van der Waals surface area contributed by atoms with Crippen molar-refractivity contribution in [1.82, 2.24) is 10.2 Å². The number of carbonyl (C=O) groups excluding carboxylic acids is 3. The first-order chi connectivity index (χ1) is 5.70. The molecule has 0 saturated carbocycles. The molecule has 1 unspecified atom stereocenters. The molecule has 0 aromatic rings. The van der Waals surface area contributed by atoms with E-state index in [-0.39, 0.29) is 24.3 Å². The highest BCUT2D eigenvalue weighted by molar-refractivity contribution is 6.06. The van der Waals surface area contributed by atoms with Gasteiger partial charge >= 0.3 is 0 Å². The lowest BCUT2D eigenvalue weighted by atomic mass is 10.2. The van der Waals surface area contributed by atoms with Crippen LogP contribution in [-0.2, 0) is 14.4 Å². The molecule has 0 aliphatic carbocycles. The number of carbonyl (C=O) groups is 3. The third kappa shape index (κ3) is 0.823. The molecule has 5 heteroatoms. The average molecular weight is 168 g/mol. The van der Waals surface area contributed by atoms with Gasteiger partial charge in [0.25, 0.3) is 0 Å². The molecule has 1 atom stereocenters. The summed E-state index contributed by atoms with van der Waals surface area (Å²) in [6, 6.07) is -0.529. The maximum atomic E-state index is 11.1. The smallest absolute Gasteiger partial charge is 0.249 e. The van der Waals surface area contributed by atoms with Crippen LogP contribution in [0.15, 0.2) is 0 Å². The molecule has 2 aliphatic heterocycles. The van der Waals surface area contributed by atoms with Crippen LogP contribution in [-0.4, -0.2) is 35.2 Å². The summed E-state index contributed by atoms with van der Waals surface area (Å²) < 4.78 is 0. The second kappa shape index (κ2) is 2.30. The number of hydrogen-bond donors (Lipinski definition) is 1. The van der Waals surface area contributed by atoms with Crippen molar-refractivity contribution in [3.8, 4) is 0 Å². The van der Waals surface area contributed by atoms with E-state index in [1.807, 2.05) is 0 Å². The molecule has 0 aromatic heterocycles. The molecule has 1 N–H and O–H groups in total. The fraction of sp³-hybridized carbons (Fsp3) is 0.571. The molecule has 64 valence electrons. The second-order valence-electron chi connectivity index (χ2n) is 2.93. The summed E-state index contributed by atoms with van der Waals surface area (Å²) in [4.78, 5) is 34.4. The van der Waals surface area contributed by atoms with Crippen LogP contribution in [0.5, 0.6) is 0 Å². The normalized spacial score (nSPS) is 28.8. The van der Waals surface area contributed by atoms with E-state index in [2.05, 4.69) is 5.32 Å². The van der Waals surface area contributed by atoms with Gasteiger partial charge in [-0.25, -0.2) is 0 Å². The Morgan fingerprint density at radius 1 is 1.25 bits per heavy atom. The van der Waals surface area contributed by atoms with E-state index in [9.17, 15) is 14.4 Å². The Labute approximate surface area is 68.7 Å². The van der Waals surface area contributed by atoms with Gasteiger partial charge in [-0.2, -0.15) is 0 Å². The highest BCUT2D eigenvalue weighted by Gasteiger charge is 2.42. The Morgan fingerprint density at radius 2 is 2.00 bits per heavy atom. The van der Waals surface area contributed by atoms with E-state index in [0.29, 0.717) is 12.8 Å². The Balaban J connectivity index is 2.30. The Kier molecular flexibility index (Phi) is 1.39. The fourth-order valence-electron chi connectivity index (χ4n) is 1.61. The van der Waals surface area contributed by atoms with Gasteiger partial charge in [0.2, 0.25) is 17.7 Å². The molecule has 0 radical (unpaired) electrons. The number of piperazine rings is 1. The topological polar surface area (TPSA) is 66.5 Å². The quantitative estimate of drug-likeness (QED) is 0.454. The lowest BCUT2D eigenvalue weighted by Gasteiger charge is -2.26. The number of nitrogens with one attached hydrogen (secondary N) is 1. The average Bonchev–Trinajstić information content (AvgIpc) is 2.42. The van der Waals surface area contributed by atoms with E-state index in [1.54, 1.807) is 0 Å². The summed E-state index contributed by atoms with van der Waals surface area (Å²) in [7, 11) is 0. The molecule has 2 fully saturated rings. The van der Waals surface area contributed by atoms with E-state index < -0.39 is 6.04 Å². The summed E-state index contributed by atoms with van der Waals surface area (Å²) in [5.41, 5.74) is 0. The molecule has 2 saturated heterocycles. The zero-order valence-corrected chi connectivity index (χ0v) is 6.37. The molecule has 3 amide bonds. The summed E-state index contributed by atoms with van der Waals surface area (Å²) in [6.45, 7) is -0.0406. The van der Waals surface area contributed by atoms with Crippen molar-refractivity contribution in [2.45, 2.75) is 18.9 Å². The van der Waals surface area contributed by atoms with E-state index in [1.165, 1.54) is 0 Å². The van der Waals surface area contributed by atoms with Crippen molar-refractivity contribution in [2.24, 2.45) is 0 Å². The van der Waals surface area contributed by atoms with Gasteiger partial charge in [-0.1, -0.05) is 0 Å². The van der Waals surface area contributed by atoms with Gasteiger partial charge in [0, 0.05) is 6.42 Å². The van der Waals surface area contributed by atoms with E-state index in [4.69, 9.17) is 0 Å². The van der Waals surface area contributed by atoms with Crippen LogP contribution in [0.3, 0.4) is 0 Å². The number of hydrogen-bond acceptors (Lipinski definition) is 3. The van der Waals surface area contributed by atoms with Crippen molar-refractivity contribution in [1.29, 1.82) is 0 Å². The molecule has 0 spiro atoms. The molecular weight excluding hydrogens is 160 g/mol. The number of rotatable bonds is 0. The lowest BCUT2D eigenvalue weighted by Crippen LogP contribution is -2.56. The first-order valence-corrected chi connectivity index (χ1v) is 3.83. The van der Waals surface area contributed by atoms with Gasteiger partial charge in [0.1, 0.15) is 6.04 Å². The molecule has 12 heavy (non-hydrogen) atoms. The van der Waals surface area contributed by atoms with Crippen LogP contribution in [0.1, 0.15) is 12.8 Å². The highest BCUT2D eigenvalue weighted by Crippen LogP contribution is 2.20. The third-order valence-corrected chi connectivity index (χ3v) is 2.20. The Bertz CT molecular complexity index is 274. The Hall–Kier alpha value is -1.39. The predicted octanol–water partition coefficient (Wildman–Crippen LogP) is -1.37. The SMILES string of the molecule is O=C1NCC(=O)N2C(=O)CCC12. The fourth-order valence-corrected chi connectivity index (χ4v) is 1.61. The van der Waals surface area contributed by atoms with Gasteiger partial charge in [-0.3, -0.25) is 19.3 Å².